The summed E-state index contributed by atoms with van der Waals surface area (Å²) >= 11 is 0. The summed E-state index contributed by atoms with van der Waals surface area (Å²) in [4.78, 5) is 12.6. The molecule has 0 radical (unpaired) electrons. The molecule has 1 heterocycles. The number of hydrogen-bond donors (Lipinski definition) is 1. The molecule has 25 heavy (non-hydrogen) atoms. The third-order valence-corrected chi connectivity index (χ3v) is 6.78. The predicted octanol–water partition coefficient (Wildman–Crippen LogP) is 2.45. The number of nitrogens with two attached hydrogens (primary N) is 1. The van der Waals surface area contributed by atoms with Crippen LogP contribution in [0, 0.1) is 17.8 Å². The van der Waals surface area contributed by atoms with Crippen LogP contribution in [0.25, 0.3) is 11.0 Å². The maximum Gasteiger partial charge on any atom is 0.380 e. The van der Waals surface area contributed by atoms with Gasteiger partial charge in [-0.3, -0.25) is 4.79 Å². The number of fused-ring (bicyclic) bond motifs is 1. The van der Waals surface area contributed by atoms with E-state index in [9.17, 15) is 13.2 Å². The van der Waals surface area contributed by atoms with Crippen molar-refractivity contribution >= 4 is 21.3 Å². The van der Waals surface area contributed by atoms with E-state index in [0.29, 0.717) is 11.0 Å². The molecule has 1 aromatic heterocycles. The molecular weight excluding hydrogens is 342 g/mol. The largest absolute Gasteiger partial charge is 0.460 e. The van der Waals surface area contributed by atoms with Gasteiger partial charge < -0.3 is 8.60 Å². The van der Waals surface area contributed by atoms with Gasteiger partial charge >= 0.3 is 10.3 Å². The second kappa shape index (κ2) is 4.86. The summed E-state index contributed by atoms with van der Waals surface area (Å²) < 4.78 is 32.9. The first kappa shape index (κ1) is 15.4. The van der Waals surface area contributed by atoms with Crippen molar-refractivity contribution in [1.29, 1.82) is 0 Å². The normalized spacial score (nSPS) is 33.2. The molecule has 4 atom stereocenters. The zero-order valence-corrected chi connectivity index (χ0v) is 14.4. The summed E-state index contributed by atoms with van der Waals surface area (Å²) in [5.41, 5.74) is 0.300. The van der Waals surface area contributed by atoms with Crippen LogP contribution in [0.15, 0.2) is 33.5 Å². The van der Waals surface area contributed by atoms with Gasteiger partial charge in [-0.25, -0.2) is 0 Å². The Bertz CT molecular complexity index is 1020. The van der Waals surface area contributed by atoms with Crippen LogP contribution in [0.3, 0.4) is 0 Å². The molecule has 6 nitrogen and oxygen atoms in total. The van der Waals surface area contributed by atoms with E-state index in [1.54, 1.807) is 12.1 Å². The van der Waals surface area contributed by atoms with Crippen molar-refractivity contribution in [1.82, 2.24) is 0 Å². The van der Waals surface area contributed by atoms with E-state index < -0.39 is 10.3 Å². The first-order valence-electron chi connectivity index (χ1n) is 8.62. The Hall–Kier alpha value is -1.86. The zero-order chi connectivity index (χ0) is 17.4. The van der Waals surface area contributed by atoms with E-state index in [2.05, 4.69) is 4.18 Å². The average molecular weight is 361 g/mol. The first-order valence-corrected chi connectivity index (χ1v) is 10.1. The zero-order valence-electron chi connectivity index (χ0n) is 13.6. The van der Waals surface area contributed by atoms with Crippen molar-refractivity contribution in [3.05, 3.63) is 40.2 Å². The van der Waals surface area contributed by atoms with E-state index in [1.807, 2.05) is 0 Å². The third-order valence-electron chi connectivity index (χ3n) is 6.36. The monoisotopic (exact) mass is 361 g/mol. The topological polar surface area (TPSA) is 99.6 Å². The van der Waals surface area contributed by atoms with Crippen LogP contribution < -0.4 is 14.8 Å². The fraction of sp³-hybridized carbons (Fsp3) is 0.500. The summed E-state index contributed by atoms with van der Waals surface area (Å²) in [6, 6.07) is 5.99. The Balaban J connectivity index is 1.58. The van der Waals surface area contributed by atoms with Crippen LogP contribution in [-0.2, 0) is 15.7 Å². The predicted molar refractivity (Wildman–Crippen MR) is 91.5 cm³/mol. The van der Waals surface area contributed by atoms with Crippen molar-refractivity contribution in [3.63, 3.8) is 0 Å². The average Bonchev–Trinajstić information content (AvgIpc) is 2.94. The highest BCUT2D eigenvalue weighted by atomic mass is 32.2. The molecule has 4 fully saturated rings. The molecule has 2 N–H and O–H groups in total. The van der Waals surface area contributed by atoms with Crippen LogP contribution in [0.5, 0.6) is 5.75 Å². The Labute approximate surface area is 145 Å². The molecule has 0 spiro atoms. The fourth-order valence-corrected chi connectivity index (χ4v) is 6.07. The summed E-state index contributed by atoms with van der Waals surface area (Å²) in [7, 11) is -4.13. The highest BCUT2D eigenvalue weighted by molar-refractivity contribution is 7.84. The number of benzene rings is 1. The van der Waals surface area contributed by atoms with Gasteiger partial charge in [0.2, 0.25) is 0 Å². The molecule has 132 valence electrons. The van der Waals surface area contributed by atoms with Crippen LogP contribution in [0.1, 0.15) is 37.9 Å². The molecule has 0 saturated heterocycles. The van der Waals surface area contributed by atoms with Gasteiger partial charge in [0.15, 0.2) is 5.43 Å². The summed E-state index contributed by atoms with van der Waals surface area (Å²) in [5.74, 6) is 3.13. The van der Waals surface area contributed by atoms with Gasteiger partial charge in [-0.15, -0.1) is 0 Å². The molecule has 6 rings (SSSR count). The molecule has 4 bridgehead atoms. The molecule has 1 aromatic carbocycles. The van der Waals surface area contributed by atoms with Crippen LogP contribution >= 0.6 is 0 Å². The van der Waals surface area contributed by atoms with E-state index in [0.717, 1.165) is 42.8 Å². The standard InChI is InChI=1S/C18H19NO5S/c19-25(21,22)24-13-1-2-16-14(5-13)15(20)6-17(23-16)18-7-10-3-11(8-18)12(4-10)9-18/h1-2,5-6,10-12H,3-4,7-9H2,(H2,19,21,22)/t10?,11-,12+,18?. The fourth-order valence-electron chi connectivity index (χ4n) is 5.69. The Kier molecular flexibility index (Phi) is 2.99. The summed E-state index contributed by atoms with van der Waals surface area (Å²) in [6.45, 7) is 0. The maximum atomic E-state index is 12.6. The molecule has 4 aliphatic rings. The van der Waals surface area contributed by atoms with Crippen LogP contribution in [0.2, 0.25) is 0 Å². The molecule has 2 aromatic rings. The Morgan fingerprint density at radius 1 is 1.12 bits per heavy atom. The number of rotatable bonds is 3. The Morgan fingerprint density at radius 2 is 1.84 bits per heavy atom. The lowest BCUT2D eigenvalue weighted by molar-refractivity contribution is 0.198. The molecule has 7 heteroatoms. The third kappa shape index (κ3) is 2.40. The van der Waals surface area contributed by atoms with E-state index in [-0.39, 0.29) is 16.6 Å². The second-order valence-corrected chi connectivity index (χ2v) is 9.11. The van der Waals surface area contributed by atoms with Gasteiger partial charge in [0.25, 0.3) is 0 Å². The van der Waals surface area contributed by atoms with E-state index >= 15 is 0 Å². The van der Waals surface area contributed by atoms with Gasteiger partial charge in [0, 0.05) is 11.5 Å². The highest BCUT2D eigenvalue weighted by Gasteiger charge is 2.57. The highest BCUT2D eigenvalue weighted by Crippen LogP contribution is 2.64. The molecule has 2 unspecified atom stereocenters. The smallest absolute Gasteiger partial charge is 0.380 e. The van der Waals surface area contributed by atoms with Crippen LogP contribution in [-0.4, -0.2) is 8.42 Å². The van der Waals surface area contributed by atoms with Crippen molar-refractivity contribution in [2.75, 3.05) is 0 Å². The van der Waals surface area contributed by atoms with Crippen LogP contribution in [0.4, 0.5) is 0 Å². The summed E-state index contributed by atoms with van der Waals surface area (Å²) in [5, 5.41) is 5.18. The Morgan fingerprint density at radius 3 is 2.48 bits per heavy atom. The minimum atomic E-state index is -4.13. The van der Waals surface area contributed by atoms with Crippen molar-refractivity contribution in [2.45, 2.75) is 37.5 Å². The van der Waals surface area contributed by atoms with E-state index in [1.165, 1.54) is 25.0 Å². The maximum absolute atomic E-state index is 12.6. The first-order chi connectivity index (χ1) is 11.8. The summed E-state index contributed by atoms with van der Waals surface area (Å²) in [6.07, 6.45) is 6.02. The molecule has 4 aliphatic carbocycles. The van der Waals surface area contributed by atoms with Gasteiger partial charge in [-0.2, -0.15) is 13.6 Å². The lowest BCUT2D eigenvalue weighted by Crippen LogP contribution is -2.32. The number of hydrogen-bond acceptors (Lipinski definition) is 5. The molecule has 4 saturated carbocycles. The second-order valence-electron chi connectivity index (χ2n) is 7.96. The SMILES string of the molecule is NS(=O)(=O)Oc1ccc2oc(C34CC5C[C@H](C3)[C@@H](C5)C4)cc(=O)c2c1. The van der Waals surface area contributed by atoms with Gasteiger partial charge in [-0.05, 0) is 68.1 Å². The lowest BCUT2D eigenvalue weighted by Gasteiger charge is -2.37. The van der Waals surface area contributed by atoms with Gasteiger partial charge in [0.05, 0.1) is 5.39 Å². The van der Waals surface area contributed by atoms with Crippen molar-refractivity contribution in [3.8, 4) is 5.75 Å². The minimum absolute atomic E-state index is 0.00746. The molecule has 0 amide bonds. The lowest BCUT2D eigenvalue weighted by atomic mass is 9.68. The quantitative estimate of drug-likeness (QED) is 0.905. The molecular formula is C18H19NO5S. The van der Waals surface area contributed by atoms with Gasteiger partial charge in [0.1, 0.15) is 17.1 Å². The van der Waals surface area contributed by atoms with Gasteiger partial charge in [-0.1, -0.05) is 0 Å². The van der Waals surface area contributed by atoms with Crippen molar-refractivity contribution in [2.24, 2.45) is 22.9 Å². The van der Waals surface area contributed by atoms with Crippen molar-refractivity contribution < 1.29 is 17.0 Å². The molecule has 0 aliphatic heterocycles. The minimum Gasteiger partial charge on any atom is -0.460 e. The van der Waals surface area contributed by atoms with E-state index in [4.69, 9.17) is 9.56 Å².